The molecule has 1 heterocycles. The molecule has 54 valence electrons. The van der Waals surface area contributed by atoms with E-state index in [-0.39, 0.29) is 34.6 Å². The molecule has 1 rings (SSSR count). The van der Waals surface area contributed by atoms with Crippen LogP contribution >= 0.6 is 11.6 Å². The van der Waals surface area contributed by atoms with E-state index < -0.39 is 11.1 Å². The molecule has 0 aliphatic rings. The van der Waals surface area contributed by atoms with E-state index in [9.17, 15) is 8.76 Å². The molecule has 0 saturated heterocycles. The summed E-state index contributed by atoms with van der Waals surface area (Å²) in [5.74, 6) is 0. The summed E-state index contributed by atoms with van der Waals surface area (Å²) in [6.45, 7) is 0. The molecule has 1 aromatic heterocycles. The second kappa shape index (κ2) is 5.24. The molecule has 0 fully saturated rings. The first kappa shape index (κ1) is 11.6. The SMILES string of the molecule is O=S([O-])c1ccc(Cl)cn1.[Na+]. The van der Waals surface area contributed by atoms with E-state index in [1.54, 1.807) is 0 Å². The van der Waals surface area contributed by atoms with Gasteiger partial charge in [0.2, 0.25) is 0 Å². The zero-order chi connectivity index (χ0) is 7.56. The maximum atomic E-state index is 10.2. The molecule has 11 heavy (non-hydrogen) atoms. The molecule has 3 nitrogen and oxygen atoms in total. The van der Waals surface area contributed by atoms with E-state index in [2.05, 4.69) is 4.98 Å². The van der Waals surface area contributed by atoms with Crippen molar-refractivity contribution in [1.29, 1.82) is 0 Å². The molecule has 0 saturated carbocycles. The van der Waals surface area contributed by atoms with Gasteiger partial charge in [0.15, 0.2) is 0 Å². The molecule has 6 heteroatoms. The Kier molecular flexibility index (Phi) is 5.50. The maximum absolute atomic E-state index is 10.2. The van der Waals surface area contributed by atoms with Crippen LogP contribution in [0.1, 0.15) is 0 Å². The van der Waals surface area contributed by atoms with Gasteiger partial charge >= 0.3 is 29.6 Å². The number of hydrogen-bond acceptors (Lipinski definition) is 3. The third kappa shape index (κ3) is 3.64. The summed E-state index contributed by atoms with van der Waals surface area (Å²) < 4.78 is 20.4. The Balaban J connectivity index is 0.000001000. The topological polar surface area (TPSA) is 53.0 Å². The van der Waals surface area contributed by atoms with Gasteiger partial charge in [-0.1, -0.05) is 11.6 Å². The first-order chi connectivity index (χ1) is 4.70. The van der Waals surface area contributed by atoms with Crippen LogP contribution in [0.2, 0.25) is 5.02 Å². The van der Waals surface area contributed by atoms with Gasteiger partial charge in [0.05, 0.1) is 5.02 Å². The largest absolute Gasteiger partial charge is 1.00 e. The monoisotopic (exact) mass is 199 g/mol. The Bertz CT molecular complexity index is 253. The molecule has 0 radical (unpaired) electrons. The molecule has 0 aliphatic carbocycles. The smallest absolute Gasteiger partial charge is 0.767 e. The van der Waals surface area contributed by atoms with Crippen molar-refractivity contribution >= 4 is 22.7 Å². The van der Waals surface area contributed by atoms with Crippen LogP contribution in [0, 0.1) is 0 Å². The summed E-state index contributed by atoms with van der Waals surface area (Å²) in [7, 11) is 0. The van der Waals surface area contributed by atoms with Crippen LogP contribution in [0.15, 0.2) is 23.4 Å². The van der Waals surface area contributed by atoms with Gasteiger partial charge in [-0.25, -0.2) is 4.98 Å². The van der Waals surface area contributed by atoms with E-state index >= 15 is 0 Å². The van der Waals surface area contributed by atoms with Crippen LogP contribution < -0.4 is 29.6 Å². The number of pyridine rings is 1. The van der Waals surface area contributed by atoms with Crippen LogP contribution in [-0.2, 0) is 11.1 Å². The second-order valence-corrected chi connectivity index (χ2v) is 2.87. The summed E-state index contributed by atoms with van der Waals surface area (Å²) in [5.41, 5.74) is 0. The minimum atomic E-state index is -2.26. The molecule has 0 bridgehead atoms. The van der Waals surface area contributed by atoms with E-state index in [0.717, 1.165) is 0 Å². The Labute approximate surface area is 93.7 Å². The summed E-state index contributed by atoms with van der Waals surface area (Å²) in [6, 6.07) is 2.81. The van der Waals surface area contributed by atoms with Gasteiger partial charge in [0.1, 0.15) is 5.03 Å². The summed E-state index contributed by atoms with van der Waals surface area (Å²) in [6.07, 6.45) is 1.28. The average molecular weight is 200 g/mol. The van der Waals surface area contributed by atoms with Crippen molar-refractivity contribution in [2.24, 2.45) is 0 Å². The van der Waals surface area contributed by atoms with Crippen LogP contribution in [0.25, 0.3) is 0 Å². The van der Waals surface area contributed by atoms with E-state index in [4.69, 9.17) is 11.6 Å². The fraction of sp³-hybridized carbons (Fsp3) is 0. The number of hydrogen-bond donors (Lipinski definition) is 0. The molecule has 0 aliphatic heterocycles. The van der Waals surface area contributed by atoms with Crippen LogP contribution in [-0.4, -0.2) is 13.7 Å². The zero-order valence-electron chi connectivity index (χ0n) is 5.78. The molecule has 0 aromatic carbocycles. The van der Waals surface area contributed by atoms with Crippen LogP contribution in [0.4, 0.5) is 0 Å². The molecule has 0 amide bonds. The number of nitrogens with zero attached hydrogens (tertiary/aromatic N) is 1. The third-order valence-electron chi connectivity index (χ3n) is 0.871. The van der Waals surface area contributed by atoms with Crippen molar-refractivity contribution in [3.05, 3.63) is 23.4 Å². The van der Waals surface area contributed by atoms with Crippen molar-refractivity contribution in [2.45, 2.75) is 5.03 Å². The Hall–Kier alpha value is 0.550. The zero-order valence-corrected chi connectivity index (χ0v) is 9.35. The third-order valence-corrected chi connectivity index (χ3v) is 1.68. The molecule has 1 atom stereocenters. The van der Waals surface area contributed by atoms with Gasteiger partial charge in [0.25, 0.3) is 0 Å². The Morgan fingerprint density at radius 3 is 2.55 bits per heavy atom. The minimum absolute atomic E-state index is 0. The summed E-state index contributed by atoms with van der Waals surface area (Å²) >= 11 is 3.20. The average Bonchev–Trinajstić information content (AvgIpc) is 1.88. The molecule has 0 spiro atoms. The van der Waals surface area contributed by atoms with Gasteiger partial charge < -0.3 is 4.55 Å². The molecular formula is C5H3ClNNaO2S. The van der Waals surface area contributed by atoms with Crippen LogP contribution in [0.3, 0.4) is 0 Å². The minimum Gasteiger partial charge on any atom is -0.767 e. The maximum Gasteiger partial charge on any atom is 1.00 e. The van der Waals surface area contributed by atoms with Gasteiger partial charge in [-0.2, -0.15) is 0 Å². The molecule has 1 unspecified atom stereocenters. The van der Waals surface area contributed by atoms with Gasteiger partial charge in [-0.3, -0.25) is 4.21 Å². The summed E-state index contributed by atoms with van der Waals surface area (Å²) in [5, 5.41) is 0.429. The van der Waals surface area contributed by atoms with E-state index in [1.807, 2.05) is 0 Å². The molecule has 1 aromatic rings. The standard InChI is InChI=1S/C5H4ClNO2S.Na/c6-4-1-2-5(7-3-4)10(8)9;/h1-3H,(H,8,9);/q;+1/p-1. The Morgan fingerprint density at radius 1 is 1.55 bits per heavy atom. The predicted molar refractivity (Wildman–Crippen MR) is 36.4 cm³/mol. The number of rotatable bonds is 1. The normalized spacial score (nSPS) is 11.8. The predicted octanol–water partition coefficient (Wildman–Crippen LogP) is -2.02. The fourth-order valence-corrected chi connectivity index (χ4v) is 0.891. The van der Waals surface area contributed by atoms with E-state index in [0.29, 0.717) is 5.02 Å². The van der Waals surface area contributed by atoms with Gasteiger partial charge in [-0.15, -0.1) is 0 Å². The van der Waals surface area contributed by atoms with Gasteiger partial charge in [0, 0.05) is 6.20 Å². The van der Waals surface area contributed by atoms with Crippen molar-refractivity contribution in [1.82, 2.24) is 4.98 Å². The van der Waals surface area contributed by atoms with Crippen LogP contribution in [0.5, 0.6) is 0 Å². The number of aromatic nitrogens is 1. The molecule has 0 N–H and O–H groups in total. The Morgan fingerprint density at radius 2 is 2.18 bits per heavy atom. The van der Waals surface area contributed by atoms with Crippen molar-refractivity contribution in [3.8, 4) is 0 Å². The van der Waals surface area contributed by atoms with Crippen molar-refractivity contribution in [2.75, 3.05) is 0 Å². The van der Waals surface area contributed by atoms with Crippen molar-refractivity contribution < 1.29 is 38.3 Å². The summed E-state index contributed by atoms with van der Waals surface area (Å²) in [4.78, 5) is 3.53. The van der Waals surface area contributed by atoms with E-state index in [1.165, 1.54) is 18.3 Å². The first-order valence-electron chi connectivity index (χ1n) is 2.41. The van der Waals surface area contributed by atoms with Gasteiger partial charge in [-0.05, 0) is 23.2 Å². The second-order valence-electron chi connectivity index (χ2n) is 1.55. The molecular weight excluding hydrogens is 197 g/mol. The quantitative estimate of drug-likeness (QED) is 0.388. The fourth-order valence-electron chi connectivity index (χ4n) is 0.461. The number of halogens is 1. The van der Waals surface area contributed by atoms with Crippen molar-refractivity contribution in [3.63, 3.8) is 0 Å². The first-order valence-corrected chi connectivity index (χ1v) is 3.86.